The minimum atomic E-state index is -0.986. The van der Waals surface area contributed by atoms with Crippen molar-refractivity contribution in [3.63, 3.8) is 0 Å². The number of benzene rings is 1. The van der Waals surface area contributed by atoms with Crippen LogP contribution in [-0.4, -0.2) is 58.6 Å². The monoisotopic (exact) mass is 480 g/mol. The van der Waals surface area contributed by atoms with Crippen LogP contribution in [0, 0.1) is 5.92 Å². The van der Waals surface area contributed by atoms with E-state index in [1.54, 1.807) is 6.33 Å². The Labute approximate surface area is 206 Å². The number of hydrogen-bond donors (Lipinski definition) is 2. The first-order valence-corrected chi connectivity index (χ1v) is 13.2. The fourth-order valence-electron chi connectivity index (χ4n) is 5.43. The first-order chi connectivity index (χ1) is 17.1. The molecule has 2 saturated heterocycles. The fraction of sp³-hybridized carbons (Fsp3) is 0.593. The summed E-state index contributed by atoms with van der Waals surface area (Å²) in [5.74, 6) is 2.21. The summed E-state index contributed by atoms with van der Waals surface area (Å²) < 4.78 is 21.1. The molecule has 0 saturated carbocycles. The second-order valence-corrected chi connectivity index (χ2v) is 10.1. The van der Waals surface area contributed by atoms with Gasteiger partial charge in [0.2, 0.25) is 0 Å². The Morgan fingerprint density at radius 2 is 1.94 bits per heavy atom. The maximum absolute atomic E-state index is 15.2. The van der Waals surface area contributed by atoms with Crippen LogP contribution in [0.2, 0.25) is 0 Å². The van der Waals surface area contributed by atoms with Crippen molar-refractivity contribution in [1.82, 2.24) is 25.5 Å². The second kappa shape index (κ2) is 10.9. The lowest BCUT2D eigenvalue weighted by atomic mass is 9.81. The Bertz CT molecular complexity index is 1100. The normalized spacial score (nSPS) is 18.7. The minimum Gasteiger partial charge on any atom is -0.494 e. The van der Waals surface area contributed by atoms with Crippen LogP contribution in [0.1, 0.15) is 58.3 Å². The van der Waals surface area contributed by atoms with Crippen LogP contribution < -0.4 is 15.0 Å². The van der Waals surface area contributed by atoms with Crippen molar-refractivity contribution in [2.24, 2.45) is 5.92 Å². The molecular formula is C27H37FN6O. The molecule has 4 heterocycles. The third-order valence-electron chi connectivity index (χ3n) is 7.54. The number of alkyl halides is 1. The van der Waals surface area contributed by atoms with Gasteiger partial charge < -0.3 is 15.0 Å². The third kappa shape index (κ3) is 5.74. The maximum Gasteiger partial charge on any atom is 0.132 e. The lowest BCUT2D eigenvalue weighted by Gasteiger charge is -2.38. The van der Waals surface area contributed by atoms with Gasteiger partial charge in [-0.2, -0.15) is 5.10 Å². The molecule has 0 atom stereocenters. The van der Waals surface area contributed by atoms with Gasteiger partial charge in [-0.05, 0) is 75.7 Å². The van der Waals surface area contributed by atoms with E-state index in [0.717, 1.165) is 85.9 Å². The van der Waals surface area contributed by atoms with Gasteiger partial charge in [0.15, 0.2) is 0 Å². The summed E-state index contributed by atoms with van der Waals surface area (Å²) in [4.78, 5) is 11.4. The zero-order valence-corrected chi connectivity index (χ0v) is 20.7. The van der Waals surface area contributed by atoms with Crippen molar-refractivity contribution in [3.05, 3.63) is 30.6 Å². The molecule has 0 bridgehead atoms. The third-order valence-corrected chi connectivity index (χ3v) is 7.54. The summed E-state index contributed by atoms with van der Waals surface area (Å²) in [5.41, 5.74) is 1.58. The van der Waals surface area contributed by atoms with E-state index in [2.05, 4.69) is 37.3 Å². The number of hydrogen-bond acceptors (Lipinski definition) is 6. The lowest BCUT2D eigenvalue weighted by molar-refractivity contribution is 0.0774. The second-order valence-electron chi connectivity index (χ2n) is 10.1. The molecule has 2 fully saturated rings. The highest BCUT2D eigenvalue weighted by Gasteiger charge is 2.35. The first kappa shape index (κ1) is 24.0. The highest BCUT2D eigenvalue weighted by atomic mass is 19.1. The quantitative estimate of drug-likeness (QED) is 0.405. The molecule has 5 rings (SSSR count). The average molecular weight is 481 g/mol. The molecule has 188 valence electrons. The molecule has 8 heteroatoms. The van der Waals surface area contributed by atoms with E-state index in [1.165, 1.54) is 12.8 Å². The molecule has 0 amide bonds. The molecule has 2 aromatic heterocycles. The summed E-state index contributed by atoms with van der Waals surface area (Å²) in [6, 6.07) is 8.06. The standard InChI is InChI=1S/C27H37FN6O/c1-2-3-4-15-35-21-5-6-23-22(16-21)26(33-32-23)24-17-25(31-19-30-24)34-13-7-20(8-14-34)18-27(28)9-11-29-12-10-27/h5-6,16-17,19-20,29H,2-4,7-15,18H2,1H3,(H,32,33). The van der Waals surface area contributed by atoms with E-state index in [9.17, 15) is 0 Å². The van der Waals surface area contributed by atoms with Crippen LogP contribution in [0.3, 0.4) is 0 Å². The highest BCUT2D eigenvalue weighted by molar-refractivity contribution is 5.93. The Morgan fingerprint density at radius 3 is 2.74 bits per heavy atom. The number of aromatic nitrogens is 4. The maximum atomic E-state index is 15.2. The average Bonchev–Trinajstić information content (AvgIpc) is 3.31. The smallest absolute Gasteiger partial charge is 0.132 e. The van der Waals surface area contributed by atoms with Crippen molar-refractivity contribution in [1.29, 1.82) is 0 Å². The summed E-state index contributed by atoms with van der Waals surface area (Å²) in [5, 5.41) is 11.9. The highest BCUT2D eigenvalue weighted by Crippen LogP contribution is 2.36. The Hall–Kier alpha value is -2.74. The van der Waals surface area contributed by atoms with Gasteiger partial charge in [0.05, 0.1) is 17.8 Å². The number of ether oxygens (including phenoxy) is 1. The van der Waals surface area contributed by atoms with Gasteiger partial charge in [-0.1, -0.05) is 19.8 Å². The summed E-state index contributed by atoms with van der Waals surface area (Å²) in [6.07, 6.45) is 9.01. The summed E-state index contributed by atoms with van der Waals surface area (Å²) in [7, 11) is 0. The Kier molecular flexibility index (Phi) is 7.46. The molecule has 0 aliphatic carbocycles. The van der Waals surface area contributed by atoms with Gasteiger partial charge in [0.1, 0.15) is 29.3 Å². The van der Waals surface area contributed by atoms with Crippen molar-refractivity contribution >= 4 is 16.7 Å². The van der Waals surface area contributed by atoms with E-state index >= 15 is 4.39 Å². The van der Waals surface area contributed by atoms with Crippen LogP contribution in [0.15, 0.2) is 30.6 Å². The largest absolute Gasteiger partial charge is 0.494 e. The summed E-state index contributed by atoms with van der Waals surface area (Å²) in [6.45, 7) is 6.30. The number of piperidine rings is 2. The van der Waals surface area contributed by atoms with E-state index in [0.29, 0.717) is 25.2 Å². The van der Waals surface area contributed by atoms with E-state index in [-0.39, 0.29) is 0 Å². The zero-order chi connectivity index (χ0) is 24.1. The van der Waals surface area contributed by atoms with Crippen LogP contribution in [0.4, 0.5) is 10.2 Å². The molecule has 3 aromatic rings. The van der Waals surface area contributed by atoms with E-state index in [1.807, 2.05) is 24.3 Å². The molecule has 2 N–H and O–H groups in total. The van der Waals surface area contributed by atoms with E-state index in [4.69, 9.17) is 4.74 Å². The number of rotatable bonds is 9. The van der Waals surface area contributed by atoms with Gasteiger partial charge >= 0.3 is 0 Å². The topological polar surface area (TPSA) is 79.0 Å². The Balaban J connectivity index is 1.25. The van der Waals surface area contributed by atoms with Gasteiger partial charge in [-0.3, -0.25) is 5.10 Å². The fourth-order valence-corrected chi connectivity index (χ4v) is 5.43. The number of fused-ring (bicyclic) bond motifs is 1. The summed E-state index contributed by atoms with van der Waals surface area (Å²) >= 11 is 0. The number of H-pyrrole nitrogens is 1. The zero-order valence-electron chi connectivity index (χ0n) is 20.7. The number of unbranched alkanes of at least 4 members (excludes halogenated alkanes) is 2. The molecule has 0 unspecified atom stereocenters. The minimum absolute atomic E-state index is 0.446. The number of halogens is 1. The molecule has 2 aliphatic heterocycles. The van der Waals surface area contributed by atoms with Crippen molar-refractivity contribution in [2.75, 3.05) is 37.7 Å². The molecule has 0 spiro atoms. The van der Waals surface area contributed by atoms with Crippen molar-refractivity contribution in [3.8, 4) is 17.1 Å². The number of aromatic amines is 1. The van der Waals surface area contributed by atoms with E-state index < -0.39 is 5.67 Å². The molecule has 35 heavy (non-hydrogen) atoms. The molecular weight excluding hydrogens is 443 g/mol. The van der Waals surface area contributed by atoms with Crippen LogP contribution >= 0.6 is 0 Å². The van der Waals surface area contributed by atoms with Crippen molar-refractivity contribution < 1.29 is 9.13 Å². The number of nitrogens with zero attached hydrogens (tertiary/aromatic N) is 4. The van der Waals surface area contributed by atoms with Crippen molar-refractivity contribution in [2.45, 2.75) is 64.0 Å². The van der Waals surface area contributed by atoms with Crippen LogP contribution in [-0.2, 0) is 0 Å². The van der Waals surface area contributed by atoms with Gasteiger partial charge in [0.25, 0.3) is 0 Å². The van der Waals surface area contributed by atoms with Crippen LogP contribution in [0.25, 0.3) is 22.3 Å². The predicted octanol–water partition coefficient (Wildman–Crippen LogP) is 5.29. The van der Waals surface area contributed by atoms with Gasteiger partial charge in [0, 0.05) is 24.5 Å². The Morgan fingerprint density at radius 1 is 1.11 bits per heavy atom. The molecule has 1 aromatic carbocycles. The molecule has 2 aliphatic rings. The number of nitrogens with one attached hydrogen (secondary N) is 2. The van der Waals surface area contributed by atoms with Gasteiger partial charge in [-0.25, -0.2) is 14.4 Å². The molecule has 0 radical (unpaired) electrons. The SMILES string of the molecule is CCCCCOc1ccc2[nH]nc(-c3cc(N4CCC(CC5(F)CCNCC5)CC4)ncn3)c2c1. The van der Waals surface area contributed by atoms with Crippen LogP contribution in [0.5, 0.6) is 5.75 Å². The van der Waals surface area contributed by atoms with Gasteiger partial charge in [-0.15, -0.1) is 0 Å². The predicted molar refractivity (Wildman–Crippen MR) is 138 cm³/mol. The number of anilines is 1. The molecule has 7 nitrogen and oxygen atoms in total. The first-order valence-electron chi connectivity index (χ1n) is 13.2. The lowest BCUT2D eigenvalue weighted by Crippen LogP contribution is -2.42.